The minimum absolute atomic E-state index is 0.188. The summed E-state index contributed by atoms with van der Waals surface area (Å²) in [4.78, 5) is 2.58. The molecule has 0 saturated carbocycles. The lowest BCUT2D eigenvalue weighted by Crippen LogP contribution is -2.46. The highest BCUT2D eigenvalue weighted by Crippen LogP contribution is 2.30. The van der Waals surface area contributed by atoms with Crippen LogP contribution in [0.1, 0.15) is 43.4 Å². The monoisotopic (exact) mass is 290 g/mol. The van der Waals surface area contributed by atoms with Crippen LogP contribution >= 0.6 is 0 Å². The number of hydrogen-bond acceptors (Lipinski definition) is 3. The van der Waals surface area contributed by atoms with E-state index in [4.69, 9.17) is 10.5 Å². The molecule has 1 saturated heterocycles. The Hall–Kier alpha value is -0.900. The van der Waals surface area contributed by atoms with Crippen molar-refractivity contribution in [3.8, 4) is 0 Å². The number of ether oxygens (including phenoxy) is 1. The maximum atomic E-state index is 6.48. The van der Waals surface area contributed by atoms with Gasteiger partial charge in [-0.25, -0.2) is 0 Å². The SMILES string of the molecule is CCC(N)C(c1cccc(C)c1)N1CCCC(COC)C1. The van der Waals surface area contributed by atoms with Crippen LogP contribution < -0.4 is 5.73 Å². The van der Waals surface area contributed by atoms with Crippen LogP contribution in [0, 0.1) is 12.8 Å². The second-order valence-corrected chi connectivity index (χ2v) is 6.39. The maximum Gasteiger partial charge on any atom is 0.0502 e. The van der Waals surface area contributed by atoms with Gasteiger partial charge in [0.05, 0.1) is 6.61 Å². The van der Waals surface area contributed by atoms with Gasteiger partial charge in [-0.1, -0.05) is 36.8 Å². The molecule has 0 amide bonds. The molecule has 1 heterocycles. The lowest BCUT2D eigenvalue weighted by Gasteiger charge is -2.41. The maximum absolute atomic E-state index is 6.48. The molecule has 3 atom stereocenters. The van der Waals surface area contributed by atoms with Gasteiger partial charge in [0.25, 0.3) is 0 Å². The van der Waals surface area contributed by atoms with Gasteiger partial charge in [-0.05, 0) is 44.2 Å². The van der Waals surface area contributed by atoms with Crippen LogP contribution in [0.4, 0.5) is 0 Å². The van der Waals surface area contributed by atoms with Crippen LogP contribution in [0.15, 0.2) is 24.3 Å². The Morgan fingerprint density at radius 1 is 1.43 bits per heavy atom. The highest BCUT2D eigenvalue weighted by molar-refractivity contribution is 5.26. The van der Waals surface area contributed by atoms with E-state index >= 15 is 0 Å². The van der Waals surface area contributed by atoms with Gasteiger partial charge in [0.15, 0.2) is 0 Å². The first-order valence-electron chi connectivity index (χ1n) is 8.20. The molecule has 3 unspecified atom stereocenters. The normalized spacial score (nSPS) is 23.0. The first kappa shape index (κ1) is 16.5. The van der Waals surface area contributed by atoms with Gasteiger partial charge in [-0.2, -0.15) is 0 Å². The molecule has 1 aromatic rings. The molecule has 3 heteroatoms. The summed E-state index contributed by atoms with van der Waals surface area (Å²) in [6.45, 7) is 7.44. The molecular formula is C18H30N2O. The van der Waals surface area contributed by atoms with Crippen molar-refractivity contribution in [2.24, 2.45) is 11.7 Å². The van der Waals surface area contributed by atoms with E-state index in [1.54, 1.807) is 7.11 Å². The second-order valence-electron chi connectivity index (χ2n) is 6.39. The first-order chi connectivity index (χ1) is 10.2. The van der Waals surface area contributed by atoms with E-state index in [0.717, 1.165) is 26.1 Å². The van der Waals surface area contributed by atoms with Crippen molar-refractivity contribution in [1.82, 2.24) is 4.90 Å². The number of hydrogen-bond donors (Lipinski definition) is 1. The molecule has 21 heavy (non-hydrogen) atoms. The molecule has 118 valence electrons. The van der Waals surface area contributed by atoms with Crippen molar-refractivity contribution in [3.63, 3.8) is 0 Å². The molecule has 1 fully saturated rings. The first-order valence-corrected chi connectivity index (χ1v) is 8.20. The Labute approximate surface area is 129 Å². The van der Waals surface area contributed by atoms with Gasteiger partial charge in [0.2, 0.25) is 0 Å². The Morgan fingerprint density at radius 3 is 2.90 bits per heavy atom. The third kappa shape index (κ3) is 4.29. The number of nitrogens with two attached hydrogens (primary N) is 1. The summed E-state index contributed by atoms with van der Waals surface area (Å²) >= 11 is 0. The van der Waals surface area contributed by atoms with Gasteiger partial charge in [0.1, 0.15) is 0 Å². The fraction of sp³-hybridized carbons (Fsp3) is 0.667. The fourth-order valence-electron chi connectivity index (χ4n) is 3.53. The molecule has 1 aliphatic heterocycles. The highest BCUT2D eigenvalue weighted by Gasteiger charge is 2.30. The molecule has 0 spiro atoms. The Balaban J connectivity index is 2.19. The van der Waals surface area contributed by atoms with Crippen molar-refractivity contribution in [2.45, 2.75) is 45.2 Å². The molecule has 0 radical (unpaired) electrons. The smallest absolute Gasteiger partial charge is 0.0502 e. The zero-order valence-electron chi connectivity index (χ0n) is 13.7. The van der Waals surface area contributed by atoms with E-state index < -0.39 is 0 Å². The summed E-state index contributed by atoms with van der Waals surface area (Å²) in [6.07, 6.45) is 3.52. The van der Waals surface area contributed by atoms with Crippen LogP contribution in [-0.2, 0) is 4.74 Å². The largest absolute Gasteiger partial charge is 0.384 e. The van der Waals surface area contributed by atoms with Crippen molar-refractivity contribution >= 4 is 0 Å². The van der Waals surface area contributed by atoms with Gasteiger partial charge in [-0.3, -0.25) is 4.90 Å². The molecule has 0 aliphatic carbocycles. The van der Waals surface area contributed by atoms with Crippen molar-refractivity contribution in [3.05, 3.63) is 35.4 Å². The van der Waals surface area contributed by atoms with Gasteiger partial charge in [0, 0.05) is 25.7 Å². The second kappa shape index (κ2) is 7.92. The van der Waals surface area contributed by atoms with Crippen LogP contribution in [-0.4, -0.2) is 37.7 Å². The number of aryl methyl sites for hydroxylation is 1. The van der Waals surface area contributed by atoms with Gasteiger partial charge < -0.3 is 10.5 Å². The molecule has 3 nitrogen and oxygen atoms in total. The molecular weight excluding hydrogens is 260 g/mol. The van der Waals surface area contributed by atoms with Crippen LogP contribution in [0.5, 0.6) is 0 Å². The molecule has 1 aromatic carbocycles. The molecule has 1 aliphatic rings. The zero-order chi connectivity index (χ0) is 15.2. The number of rotatable bonds is 6. The zero-order valence-corrected chi connectivity index (χ0v) is 13.7. The number of benzene rings is 1. The molecule has 2 rings (SSSR count). The predicted octanol–water partition coefficient (Wildman–Crippen LogP) is 3.13. The average Bonchev–Trinajstić information content (AvgIpc) is 2.48. The van der Waals surface area contributed by atoms with Crippen LogP contribution in [0.3, 0.4) is 0 Å². The minimum Gasteiger partial charge on any atom is -0.384 e. The summed E-state index contributed by atoms with van der Waals surface area (Å²) in [5.74, 6) is 0.639. The number of nitrogens with zero attached hydrogens (tertiary/aromatic N) is 1. The standard InChI is InChI=1S/C18H30N2O/c1-4-17(19)18(16-9-5-7-14(2)11-16)20-10-6-8-15(12-20)13-21-3/h5,7,9,11,15,17-18H,4,6,8,10,12-13,19H2,1-3H3. The van der Waals surface area contributed by atoms with E-state index in [-0.39, 0.29) is 6.04 Å². The number of likely N-dealkylation sites (tertiary alicyclic amines) is 1. The van der Waals surface area contributed by atoms with E-state index in [1.807, 2.05) is 0 Å². The topological polar surface area (TPSA) is 38.5 Å². The summed E-state index contributed by atoms with van der Waals surface area (Å²) in [5, 5.41) is 0. The van der Waals surface area contributed by atoms with Gasteiger partial charge >= 0.3 is 0 Å². The lowest BCUT2D eigenvalue weighted by molar-refractivity contribution is 0.0597. The van der Waals surface area contributed by atoms with E-state index in [9.17, 15) is 0 Å². The predicted molar refractivity (Wildman–Crippen MR) is 88.4 cm³/mol. The summed E-state index contributed by atoms with van der Waals surface area (Å²) < 4.78 is 5.36. The number of piperidine rings is 1. The number of methoxy groups -OCH3 is 1. The summed E-state index contributed by atoms with van der Waals surface area (Å²) in [6, 6.07) is 9.34. The third-order valence-electron chi connectivity index (χ3n) is 4.61. The van der Waals surface area contributed by atoms with Crippen LogP contribution in [0.2, 0.25) is 0 Å². The van der Waals surface area contributed by atoms with E-state index in [0.29, 0.717) is 12.0 Å². The lowest BCUT2D eigenvalue weighted by atomic mass is 9.90. The fourth-order valence-corrected chi connectivity index (χ4v) is 3.53. The Kier molecular flexibility index (Phi) is 6.22. The van der Waals surface area contributed by atoms with Crippen molar-refractivity contribution in [1.29, 1.82) is 0 Å². The van der Waals surface area contributed by atoms with E-state index in [1.165, 1.54) is 24.0 Å². The van der Waals surface area contributed by atoms with Crippen molar-refractivity contribution in [2.75, 3.05) is 26.8 Å². The van der Waals surface area contributed by atoms with Crippen LogP contribution in [0.25, 0.3) is 0 Å². The quantitative estimate of drug-likeness (QED) is 0.875. The molecule has 0 aromatic heterocycles. The van der Waals surface area contributed by atoms with E-state index in [2.05, 4.69) is 43.0 Å². The minimum atomic E-state index is 0.188. The summed E-state index contributed by atoms with van der Waals surface area (Å²) in [5.41, 5.74) is 9.15. The molecule has 2 N–H and O–H groups in total. The average molecular weight is 290 g/mol. The highest BCUT2D eigenvalue weighted by atomic mass is 16.5. The summed E-state index contributed by atoms with van der Waals surface area (Å²) in [7, 11) is 1.80. The van der Waals surface area contributed by atoms with Gasteiger partial charge in [-0.15, -0.1) is 0 Å². The Bertz CT molecular complexity index is 433. The van der Waals surface area contributed by atoms with Crippen molar-refractivity contribution < 1.29 is 4.74 Å². The molecule has 0 bridgehead atoms. The Morgan fingerprint density at radius 2 is 2.24 bits per heavy atom. The third-order valence-corrected chi connectivity index (χ3v) is 4.61.